The van der Waals surface area contributed by atoms with E-state index < -0.39 is 6.61 Å². The minimum atomic E-state index is -2.90. The van der Waals surface area contributed by atoms with Crippen molar-refractivity contribution in [2.24, 2.45) is 17.8 Å². The summed E-state index contributed by atoms with van der Waals surface area (Å²) in [6.45, 7) is -2.47. The summed E-state index contributed by atoms with van der Waals surface area (Å²) in [5.74, 6) is 2.43. The number of methoxy groups -OCH3 is 1. The number of nitrogens with zero attached hydrogens (tertiary/aromatic N) is 1. The van der Waals surface area contributed by atoms with Crippen LogP contribution in [0, 0.1) is 17.8 Å². The molecule has 4 nitrogen and oxygen atoms in total. The van der Waals surface area contributed by atoms with Crippen molar-refractivity contribution in [3.8, 4) is 11.5 Å². The lowest BCUT2D eigenvalue weighted by Crippen LogP contribution is -2.29. The van der Waals surface area contributed by atoms with Gasteiger partial charge in [-0.2, -0.15) is 8.78 Å². The first-order valence-electron chi connectivity index (χ1n) is 8.83. The summed E-state index contributed by atoms with van der Waals surface area (Å²) >= 11 is 0. The van der Waals surface area contributed by atoms with E-state index >= 15 is 0 Å². The smallest absolute Gasteiger partial charge is 0.387 e. The van der Waals surface area contributed by atoms with Crippen LogP contribution in [0.2, 0.25) is 0 Å². The normalized spacial score (nSPS) is 17.0. The average Bonchev–Trinajstić information content (AvgIpc) is 3.46. The zero-order chi connectivity index (χ0) is 18.0. The van der Waals surface area contributed by atoms with Gasteiger partial charge in [0.25, 0.3) is 0 Å². The van der Waals surface area contributed by atoms with E-state index in [0.717, 1.165) is 17.4 Å². The van der Waals surface area contributed by atoms with Gasteiger partial charge in [-0.1, -0.05) is 6.07 Å². The van der Waals surface area contributed by atoms with Gasteiger partial charge in [0.1, 0.15) is 0 Å². The van der Waals surface area contributed by atoms with E-state index in [9.17, 15) is 13.6 Å². The maximum Gasteiger partial charge on any atom is 0.387 e. The van der Waals surface area contributed by atoms with Gasteiger partial charge in [-0.05, 0) is 61.1 Å². The van der Waals surface area contributed by atoms with Crippen LogP contribution in [0.15, 0.2) is 18.2 Å². The molecule has 2 fully saturated rings. The minimum Gasteiger partial charge on any atom is -0.493 e. The molecule has 0 atom stereocenters. The number of hydrogen-bond donors (Lipinski definition) is 0. The molecular weight excluding hydrogens is 328 g/mol. The first kappa shape index (κ1) is 18.0. The Hall–Kier alpha value is -1.85. The molecule has 3 rings (SSSR count). The summed E-state index contributed by atoms with van der Waals surface area (Å²) in [5, 5.41) is 0. The Kier molecular flexibility index (Phi) is 5.45. The molecule has 0 aliphatic heterocycles. The number of amides is 1. The fourth-order valence-electron chi connectivity index (χ4n) is 3.49. The van der Waals surface area contributed by atoms with Gasteiger partial charge in [-0.25, -0.2) is 0 Å². The molecule has 2 saturated carbocycles. The molecule has 1 amide bonds. The largest absolute Gasteiger partial charge is 0.493 e. The molecule has 0 aromatic heterocycles. The van der Waals surface area contributed by atoms with E-state index in [2.05, 4.69) is 4.74 Å². The third-order valence-electron chi connectivity index (χ3n) is 5.15. The number of ether oxygens (including phenoxy) is 2. The molecule has 1 aromatic carbocycles. The zero-order valence-electron chi connectivity index (χ0n) is 14.7. The Morgan fingerprint density at radius 1 is 1.20 bits per heavy atom. The monoisotopic (exact) mass is 353 g/mol. The second-order valence-corrected chi connectivity index (χ2v) is 7.16. The zero-order valence-corrected chi connectivity index (χ0v) is 14.7. The molecule has 0 unspecified atom stereocenters. The molecule has 0 spiro atoms. The van der Waals surface area contributed by atoms with Crippen LogP contribution in [0.25, 0.3) is 0 Å². The molecular formula is C19H25F2NO3. The third-order valence-corrected chi connectivity index (χ3v) is 5.15. The maximum absolute atomic E-state index is 12.6. The number of alkyl halides is 2. The first-order chi connectivity index (χ1) is 12.0. The topological polar surface area (TPSA) is 38.8 Å². The summed E-state index contributed by atoms with van der Waals surface area (Å²) in [4.78, 5) is 14.3. The molecule has 138 valence electrons. The minimum absolute atomic E-state index is 0.00207. The molecule has 2 aliphatic carbocycles. The Balaban J connectivity index is 1.59. The van der Waals surface area contributed by atoms with Crippen LogP contribution in [0.3, 0.4) is 0 Å². The molecule has 0 bridgehead atoms. The van der Waals surface area contributed by atoms with Crippen LogP contribution in [0.1, 0.15) is 37.7 Å². The van der Waals surface area contributed by atoms with Gasteiger partial charge < -0.3 is 14.4 Å². The fraction of sp³-hybridized carbons (Fsp3) is 0.632. The lowest BCUT2D eigenvalue weighted by molar-refractivity contribution is -0.131. The lowest BCUT2D eigenvalue weighted by atomic mass is 9.93. The Morgan fingerprint density at radius 2 is 1.84 bits per heavy atom. The van der Waals surface area contributed by atoms with Gasteiger partial charge in [0, 0.05) is 20.0 Å². The number of hydrogen-bond acceptors (Lipinski definition) is 3. The van der Waals surface area contributed by atoms with Crippen LogP contribution < -0.4 is 9.47 Å². The van der Waals surface area contributed by atoms with Crippen LogP contribution in [-0.4, -0.2) is 31.6 Å². The summed E-state index contributed by atoms with van der Waals surface area (Å²) in [6, 6.07) is 4.78. The van der Waals surface area contributed by atoms with Crippen LogP contribution in [0.4, 0.5) is 8.78 Å². The highest BCUT2D eigenvalue weighted by Gasteiger charge is 2.42. The number of carbonyl (C=O) groups is 1. The van der Waals surface area contributed by atoms with E-state index in [0.29, 0.717) is 18.9 Å². The summed E-state index contributed by atoms with van der Waals surface area (Å²) < 4.78 is 34.3. The van der Waals surface area contributed by atoms with E-state index in [4.69, 9.17) is 4.74 Å². The molecule has 25 heavy (non-hydrogen) atoms. The van der Waals surface area contributed by atoms with Gasteiger partial charge in [0.2, 0.25) is 5.91 Å². The second-order valence-electron chi connectivity index (χ2n) is 7.16. The van der Waals surface area contributed by atoms with Gasteiger partial charge >= 0.3 is 6.61 Å². The lowest BCUT2D eigenvalue weighted by Gasteiger charge is -2.22. The van der Waals surface area contributed by atoms with Crippen molar-refractivity contribution in [1.82, 2.24) is 4.90 Å². The Bertz CT molecular complexity index is 603. The standard InChI is InChI=1S/C19H25F2NO3/c1-22(18(23)10-15(13-4-5-13)14-6-7-14)11-12-3-8-16(25-19(20)21)17(9-12)24-2/h3,8-9,13-15,19H,4-7,10-11H2,1-2H3. The van der Waals surface area contributed by atoms with Crippen molar-refractivity contribution in [3.05, 3.63) is 23.8 Å². The highest BCUT2D eigenvalue weighted by atomic mass is 19.3. The third kappa shape index (κ3) is 4.83. The van der Waals surface area contributed by atoms with Gasteiger partial charge in [-0.3, -0.25) is 4.79 Å². The predicted molar refractivity (Wildman–Crippen MR) is 89.7 cm³/mol. The maximum atomic E-state index is 12.6. The molecule has 1 aromatic rings. The highest BCUT2D eigenvalue weighted by Crippen LogP contribution is 2.50. The first-order valence-corrected chi connectivity index (χ1v) is 8.83. The number of rotatable bonds is 9. The predicted octanol–water partition coefficient (Wildman–Crippen LogP) is 4.08. The quantitative estimate of drug-likeness (QED) is 0.671. The van der Waals surface area contributed by atoms with Crippen molar-refractivity contribution in [1.29, 1.82) is 0 Å². The van der Waals surface area contributed by atoms with E-state index in [1.165, 1.54) is 38.9 Å². The Labute approximate surface area is 147 Å². The van der Waals surface area contributed by atoms with E-state index in [1.54, 1.807) is 24.1 Å². The highest BCUT2D eigenvalue weighted by molar-refractivity contribution is 5.76. The van der Waals surface area contributed by atoms with Crippen LogP contribution >= 0.6 is 0 Å². The average molecular weight is 353 g/mol. The van der Waals surface area contributed by atoms with Crippen molar-refractivity contribution >= 4 is 5.91 Å². The second kappa shape index (κ2) is 7.58. The number of halogens is 2. The molecule has 6 heteroatoms. The SMILES string of the molecule is COc1cc(CN(C)C(=O)CC(C2CC2)C2CC2)ccc1OC(F)F. The van der Waals surface area contributed by atoms with Crippen molar-refractivity contribution in [2.45, 2.75) is 45.3 Å². The van der Waals surface area contributed by atoms with Crippen molar-refractivity contribution in [3.63, 3.8) is 0 Å². The molecule has 2 aliphatic rings. The summed E-state index contributed by atoms with van der Waals surface area (Å²) in [6.07, 6.45) is 5.68. The Morgan fingerprint density at radius 3 is 2.36 bits per heavy atom. The fourth-order valence-corrected chi connectivity index (χ4v) is 3.49. The molecule has 0 heterocycles. The van der Waals surface area contributed by atoms with E-state index in [-0.39, 0.29) is 17.4 Å². The molecule has 0 N–H and O–H groups in total. The molecule has 0 saturated heterocycles. The van der Waals surface area contributed by atoms with Gasteiger partial charge in [-0.15, -0.1) is 0 Å². The molecule has 0 radical (unpaired) electrons. The van der Waals surface area contributed by atoms with Crippen LogP contribution in [-0.2, 0) is 11.3 Å². The van der Waals surface area contributed by atoms with Gasteiger partial charge in [0.15, 0.2) is 11.5 Å². The van der Waals surface area contributed by atoms with Crippen molar-refractivity contribution < 1.29 is 23.0 Å². The number of carbonyl (C=O) groups excluding carboxylic acids is 1. The summed E-state index contributed by atoms with van der Waals surface area (Å²) in [5.41, 5.74) is 0.823. The summed E-state index contributed by atoms with van der Waals surface area (Å²) in [7, 11) is 3.19. The van der Waals surface area contributed by atoms with Crippen molar-refractivity contribution in [2.75, 3.05) is 14.2 Å². The van der Waals surface area contributed by atoms with E-state index in [1.807, 2.05) is 0 Å². The number of benzene rings is 1. The van der Waals surface area contributed by atoms with Gasteiger partial charge in [0.05, 0.1) is 7.11 Å². The van der Waals surface area contributed by atoms with Crippen LogP contribution in [0.5, 0.6) is 11.5 Å².